The van der Waals surface area contributed by atoms with Gasteiger partial charge in [-0.25, -0.2) is 0 Å². The maximum absolute atomic E-state index is 4.19. The zero-order chi connectivity index (χ0) is 9.26. The van der Waals surface area contributed by atoms with Crippen molar-refractivity contribution in [1.29, 1.82) is 0 Å². The molecular weight excluding hydrogens is 171 g/mol. The Bertz CT molecular complexity index is 366. The summed E-state index contributed by atoms with van der Waals surface area (Å²) in [7, 11) is 3.92. The van der Waals surface area contributed by atoms with E-state index in [4.69, 9.17) is 0 Å². The maximum Gasteiger partial charge on any atom is 1.00 e. The Hall–Kier alpha value is -1.11. The van der Waals surface area contributed by atoms with Crippen LogP contribution in [0.15, 0.2) is 24.8 Å². The third kappa shape index (κ3) is 2.03. The summed E-state index contributed by atoms with van der Waals surface area (Å²) >= 11 is 0. The van der Waals surface area contributed by atoms with Crippen molar-refractivity contribution in [3.05, 3.63) is 42.9 Å². The van der Waals surface area contributed by atoms with Crippen LogP contribution >= 0.6 is 0 Å². The molecular formula is C9H11LiN4. The van der Waals surface area contributed by atoms with Crippen molar-refractivity contribution in [2.45, 2.75) is 0 Å². The molecule has 0 aromatic carbocycles. The quantitative estimate of drug-likeness (QED) is 0.389. The first-order valence-electron chi connectivity index (χ1n) is 4.07. The van der Waals surface area contributed by atoms with Gasteiger partial charge in [-0.1, -0.05) is 0 Å². The van der Waals surface area contributed by atoms with Crippen LogP contribution in [-0.2, 0) is 14.1 Å². The van der Waals surface area contributed by atoms with E-state index in [0.29, 0.717) is 0 Å². The number of hydrogen-bond acceptors (Lipinski definition) is 2. The smallest absolute Gasteiger partial charge is 0.363 e. The van der Waals surface area contributed by atoms with Crippen molar-refractivity contribution in [2.75, 3.05) is 0 Å². The minimum absolute atomic E-state index is 0. The second-order valence-electron chi connectivity index (χ2n) is 2.94. The van der Waals surface area contributed by atoms with E-state index >= 15 is 0 Å². The summed E-state index contributed by atoms with van der Waals surface area (Å²) in [5.74, 6) is 1.82. The van der Waals surface area contributed by atoms with Gasteiger partial charge >= 0.3 is 18.9 Å². The molecule has 4 nitrogen and oxygen atoms in total. The molecule has 0 N–H and O–H groups in total. The van der Waals surface area contributed by atoms with E-state index < -0.39 is 0 Å². The Morgan fingerprint density at radius 3 is 1.71 bits per heavy atom. The van der Waals surface area contributed by atoms with E-state index in [2.05, 4.69) is 9.97 Å². The molecule has 0 atom stereocenters. The normalized spacial score (nSPS) is 9.57. The summed E-state index contributed by atoms with van der Waals surface area (Å²) in [5.41, 5.74) is 0. The Balaban J connectivity index is 0.000000980. The molecule has 0 aliphatic heterocycles. The second-order valence-corrected chi connectivity index (χ2v) is 2.94. The molecule has 14 heavy (non-hydrogen) atoms. The third-order valence-corrected chi connectivity index (χ3v) is 1.98. The van der Waals surface area contributed by atoms with Crippen LogP contribution in [0.5, 0.6) is 0 Å². The number of imidazole rings is 2. The van der Waals surface area contributed by atoms with Crippen molar-refractivity contribution < 1.29 is 18.9 Å². The van der Waals surface area contributed by atoms with Gasteiger partial charge in [-0.15, -0.1) is 0 Å². The molecule has 0 saturated heterocycles. The fraction of sp³-hybridized carbons (Fsp3) is 0.222. The van der Waals surface area contributed by atoms with Gasteiger partial charge in [-0.2, -0.15) is 0 Å². The number of hydrogen-bond donors (Lipinski definition) is 0. The Morgan fingerprint density at radius 1 is 1.00 bits per heavy atom. The molecule has 0 radical (unpaired) electrons. The zero-order valence-corrected chi connectivity index (χ0v) is 8.68. The molecule has 0 saturated carbocycles. The molecule has 68 valence electrons. The van der Waals surface area contributed by atoms with Crippen LogP contribution in [0.25, 0.3) is 0 Å². The van der Waals surface area contributed by atoms with Crippen molar-refractivity contribution in [3.8, 4) is 0 Å². The average Bonchev–Trinajstić information content (AvgIpc) is 2.65. The van der Waals surface area contributed by atoms with Gasteiger partial charge in [0.05, 0.1) is 0 Å². The summed E-state index contributed by atoms with van der Waals surface area (Å²) < 4.78 is 3.91. The Labute approximate surface area is 95.2 Å². The standard InChI is InChI=1S/C9H11N4.Li/c1-12-5-3-10-8(12)7-9-11-4-6-13(9)2;/h3-7H,1-2H3;/q-1;+1. The van der Waals surface area contributed by atoms with E-state index in [-0.39, 0.29) is 18.9 Å². The topological polar surface area (TPSA) is 35.6 Å². The summed E-state index contributed by atoms with van der Waals surface area (Å²) in [6.07, 6.45) is 9.31. The van der Waals surface area contributed by atoms with Crippen LogP contribution < -0.4 is 18.9 Å². The molecule has 0 unspecified atom stereocenters. The first-order chi connectivity index (χ1) is 6.27. The van der Waals surface area contributed by atoms with Crippen LogP contribution in [0.4, 0.5) is 0 Å². The summed E-state index contributed by atoms with van der Waals surface area (Å²) in [4.78, 5) is 8.37. The van der Waals surface area contributed by atoms with Gasteiger partial charge in [0.25, 0.3) is 0 Å². The van der Waals surface area contributed by atoms with Crippen LogP contribution in [0.1, 0.15) is 11.6 Å². The summed E-state index contributed by atoms with van der Waals surface area (Å²) in [6, 6.07) is 0. The minimum atomic E-state index is 0. The van der Waals surface area contributed by atoms with Gasteiger partial charge < -0.3 is 9.13 Å². The number of nitrogens with zero attached hydrogens (tertiary/aromatic N) is 4. The van der Waals surface area contributed by atoms with Crippen LogP contribution in [-0.4, -0.2) is 19.1 Å². The van der Waals surface area contributed by atoms with Gasteiger partial charge in [-0.05, 0) is 11.6 Å². The molecule has 0 spiro atoms. The van der Waals surface area contributed by atoms with Gasteiger partial charge in [0, 0.05) is 38.9 Å². The van der Waals surface area contributed by atoms with Gasteiger partial charge in [0.15, 0.2) is 0 Å². The Kier molecular flexibility index (Phi) is 3.45. The molecule has 0 fully saturated rings. The summed E-state index contributed by atoms with van der Waals surface area (Å²) in [6.45, 7) is 0. The van der Waals surface area contributed by atoms with E-state index in [1.165, 1.54) is 0 Å². The molecule has 0 aliphatic carbocycles. The first-order valence-corrected chi connectivity index (χ1v) is 4.07. The molecule has 0 bridgehead atoms. The van der Waals surface area contributed by atoms with E-state index in [1.807, 2.05) is 42.0 Å². The number of rotatable bonds is 2. The van der Waals surface area contributed by atoms with Crippen LogP contribution in [0.3, 0.4) is 0 Å². The number of aryl methyl sites for hydroxylation is 2. The van der Waals surface area contributed by atoms with Crippen molar-refractivity contribution in [2.24, 2.45) is 14.1 Å². The fourth-order valence-electron chi connectivity index (χ4n) is 1.15. The SMILES string of the molecule is Cn1ccnc1[CH-]c1nccn1C.[Li+]. The van der Waals surface area contributed by atoms with Crippen molar-refractivity contribution >= 4 is 0 Å². The molecule has 2 heterocycles. The minimum Gasteiger partial charge on any atom is -0.363 e. The van der Waals surface area contributed by atoms with E-state index in [1.54, 1.807) is 12.4 Å². The largest absolute Gasteiger partial charge is 1.00 e. The van der Waals surface area contributed by atoms with Crippen molar-refractivity contribution in [3.63, 3.8) is 0 Å². The summed E-state index contributed by atoms with van der Waals surface area (Å²) in [5, 5.41) is 0. The molecule has 0 aliphatic rings. The molecule has 2 aromatic rings. The molecule has 5 heteroatoms. The maximum atomic E-state index is 4.19. The Morgan fingerprint density at radius 2 is 1.43 bits per heavy atom. The van der Waals surface area contributed by atoms with Gasteiger partial charge in [-0.3, -0.25) is 16.4 Å². The average molecular weight is 182 g/mol. The second kappa shape index (κ2) is 4.40. The molecule has 2 rings (SSSR count). The number of aromatic nitrogens is 4. The van der Waals surface area contributed by atoms with Crippen molar-refractivity contribution in [1.82, 2.24) is 19.1 Å². The predicted molar refractivity (Wildman–Crippen MR) is 48.9 cm³/mol. The fourth-order valence-corrected chi connectivity index (χ4v) is 1.15. The van der Waals surface area contributed by atoms with Gasteiger partial charge in [0.1, 0.15) is 0 Å². The monoisotopic (exact) mass is 182 g/mol. The molecule has 2 aromatic heterocycles. The molecule has 0 amide bonds. The van der Waals surface area contributed by atoms with E-state index in [0.717, 1.165) is 11.6 Å². The first kappa shape index (κ1) is 11.0. The van der Waals surface area contributed by atoms with Crippen LogP contribution in [0.2, 0.25) is 0 Å². The van der Waals surface area contributed by atoms with Gasteiger partial charge in [0.2, 0.25) is 0 Å². The van der Waals surface area contributed by atoms with E-state index in [9.17, 15) is 0 Å². The van der Waals surface area contributed by atoms with Crippen LogP contribution in [0, 0.1) is 6.42 Å². The predicted octanol–water partition coefficient (Wildman–Crippen LogP) is -2.24. The third-order valence-electron chi connectivity index (χ3n) is 1.98. The zero-order valence-electron chi connectivity index (χ0n) is 8.68.